The van der Waals surface area contributed by atoms with Crippen molar-refractivity contribution in [3.05, 3.63) is 24.3 Å². The van der Waals surface area contributed by atoms with Gasteiger partial charge in [0.1, 0.15) is 36.8 Å². The van der Waals surface area contributed by atoms with Crippen LogP contribution in [0.3, 0.4) is 0 Å². The third-order valence-electron chi connectivity index (χ3n) is 3.81. The first-order valence-corrected chi connectivity index (χ1v) is 8.46. The molecule has 0 saturated carbocycles. The number of amides is 1. The van der Waals surface area contributed by atoms with Gasteiger partial charge in [0.25, 0.3) is 0 Å². The maximum Gasteiger partial charge on any atom is 0.513 e. The van der Waals surface area contributed by atoms with Gasteiger partial charge in [0.2, 0.25) is 5.91 Å². The Kier molecular flexibility index (Phi) is 8.11. The van der Waals surface area contributed by atoms with E-state index in [0.29, 0.717) is 5.69 Å². The van der Waals surface area contributed by atoms with Gasteiger partial charge in [0, 0.05) is 12.6 Å². The number of carbonyl (C=O) groups excluding carboxylic acids is 2. The van der Waals surface area contributed by atoms with Gasteiger partial charge in [-0.25, -0.2) is 4.79 Å². The Morgan fingerprint density at radius 1 is 1.07 bits per heavy atom. The van der Waals surface area contributed by atoms with Crippen molar-refractivity contribution in [3.63, 3.8) is 0 Å². The molecule has 1 aromatic carbocycles. The van der Waals surface area contributed by atoms with Crippen molar-refractivity contribution in [2.45, 2.75) is 37.6 Å². The number of rotatable bonds is 7. The molecule has 28 heavy (non-hydrogen) atoms. The second kappa shape index (κ2) is 10.3. The van der Waals surface area contributed by atoms with Crippen LogP contribution in [0.2, 0.25) is 0 Å². The normalized spacial score (nSPS) is 27.1. The smallest absolute Gasteiger partial charge is 0.432 e. The molecule has 0 radical (unpaired) electrons. The average molecular weight is 401 g/mol. The number of benzene rings is 1. The molecule has 1 fully saturated rings. The van der Waals surface area contributed by atoms with Crippen LogP contribution in [0, 0.1) is 0 Å². The summed E-state index contributed by atoms with van der Waals surface area (Å²) in [5.74, 6) is -0.0265. The third kappa shape index (κ3) is 6.12. The molecule has 0 spiro atoms. The van der Waals surface area contributed by atoms with Crippen molar-refractivity contribution in [2.24, 2.45) is 0 Å². The molecule has 2 rings (SSSR count). The standard InChI is InChI=1S/C17H23NO10/c1-9(20)18-10-2-4-11(5-3-10)27-17(24)26-7-6-25-16-15(23)14(22)13(21)12(8-19)28-16/h2-5,12-16,19,21-23H,6-8H2,1H3,(H,18,20)/t12-,13-,14+,15-,16-/m1/s1. The molecule has 0 bridgehead atoms. The van der Waals surface area contributed by atoms with E-state index in [1.165, 1.54) is 19.1 Å². The number of hydrogen-bond donors (Lipinski definition) is 5. The molecule has 1 aliphatic rings. The maximum absolute atomic E-state index is 11.6. The summed E-state index contributed by atoms with van der Waals surface area (Å²) >= 11 is 0. The van der Waals surface area contributed by atoms with Crippen LogP contribution in [0.4, 0.5) is 10.5 Å². The van der Waals surface area contributed by atoms with Gasteiger partial charge in [-0.2, -0.15) is 0 Å². The van der Waals surface area contributed by atoms with Crippen LogP contribution in [-0.2, 0) is 19.0 Å². The lowest BCUT2D eigenvalue weighted by Crippen LogP contribution is -2.59. The zero-order valence-corrected chi connectivity index (χ0v) is 15.1. The monoisotopic (exact) mass is 401 g/mol. The zero-order valence-electron chi connectivity index (χ0n) is 15.1. The molecule has 11 nitrogen and oxygen atoms in total. The van der Waals surface area contributed by atoms with Gasteiger partial charge in [-0.15, -0.1) is 0 Å². The summed E-state index contributed by atoms with van der Waals surface area (Å²) < 4.78 is 20.1. The molecular weight excluding hydrogens is 378 g/mol. The predicted molar refractivity (Wildman–Crippen MR) is 92.4 cm³/mol. The van der Waals surface area contributed by atoms with Crippen LogP contribution in [0.5, 0.6) is 5.75 Å². The van der Waals surface area contributed by atoms with Gasteiger partial charge < -0.3 is 44.7 Å². The highest BCUT2D eigenvalue weighted by Gasteiger charge is 2.43. The van der Waals surface area contributed by atoms with E-state index in [2.05, 4.69) is 5.32 Å². The second-order valence-electron chi connectivity index (χ2n) is 5.97. The number of hydrogen-bond acceptors (Lipinski definition) is 10. The lowest BCUT2D eigenvalue weighted by atomic mass is 9.99. The summed E-state index contributed by atoms with van der Waals surface area (Å²) in [5, 5.41) is 40.8. The number of carbonyl (C=O) groups is 2. The highest BCUT2D eigenvalue weighted by Crippen LogP contribution is 2.22. The van der Waals surface area contributed by atoms with E-state index in [4.69, 9.17) is 24.1 Å². The quantitative estimate of drug-likeness (QED) is 0.217. The maximum atomic E-state index is 11.6. The van der Waals surface area contributed by atoms with Crippen molar-refractivity contribution in [1.29, 1.82) is 0 Å². The summed E-state index contributed by atoms with van der Waals surface area (Å²) in [6.07, 6.45) is -7.96. The first-order chi connectivity index (χ1) is 13.3. The summed E-state index contributed by atoms with van der Waals surface area (Å²) in [7, 11) is 0. The largest absolute Gasteiger partial charge is 0.513 e. The number of nitrogens with one attached hydrogen (secondary N) is 1. The van der Waals surface area contributed by atoms with Gasteiger partial charge in [-0.3, -0.25) is 4.79 Å². The van der Waals surface area contributed by atoms with Crippen molar-refractivity contribution < 1.29 is 49.0 Å². The predicted octanol–water partition coefficient (Wildman–Crippen LogP) is -1.02. The third-order valence-corrected chi connectivity index (χ3v) is 3.81. The molecule has 1 amide bonds. The van der Waals surface area contributed by atoms with E-state index in [-0.39, 0.29) is 24.9 Å². The SMILES string of the molecule is CC(=O)Nc1ccc(OC(=O)OCCO[C@@H]2O[C@H](CO)[C@@H](O)[C@H](O)[C@H]2O)cc1. The minimum Gasteiger partial charge on any atom is -0.432 e. The van der Waals surface area contributed by atoms with Crippen molar-refractivity contribution >= 4 is 17.7 Å². The minimum atomic E-state index is -1.55. The Labute approximate surface area is 160 Å². The highest BCUT2D eigenvalue weighted by atomic mass is 16.7. The molecule has 1 heterocycles. The lowest BCUT2D eigenvalue weighted by Gasteiger charge is -2.39. The average Bonchev–Trinajstić information content (AvgIpc) is 2.66. The Hall–Kier alpha value is -2.28. The van der Waals surface area contributed by atoms with Crippen LogP contribution in [0.1, 0.15) is 6.92 Å². The molecule has 156 valence electrons. The van der Waals surface area contributed by atoms with Crippen molar-refractivity contribution in [1.82, 2.24) is 0 Å². The van der Waals surface area contributed by atoms with Gasteiger partial charge in [-0.1, -0.05) is 0 Å². The van der Waals surface area contributed by atoms with Gasteiger partial charge in [0.05, 0.1) is 13.2 Å². The summed E-state index contributed by atoms with van der Waals surface area (Å²) in [5.41, 5.74) is 0.543. The summed E-state index contributed by atoms with van der Waals surface area (Å²) in [6, 6.07) is 6.03. The van der Waals surface area contributed by atoms with Crippen LogP contribution in [0.15, 0.2) is 24.3 Å². The molecule has 11 heteroatoms. The van der Waals surface area contributed by atoms with Crippen molar-refractivity contribution in [3.8, 4) is 5.75 Å². The lowest BCUT2D eigenvalue weighted by molar-refractivity contribution is -0.302. The molecule has 5 N–H and O–H groups in total. The number of aliphatic hydroxyl groups excluding tert-OH is 4. The Bertz CT molecular complexity index is 650. The topological polar surface area (TPSA) is 164 Å². The Morgan fingerprint density at radius 3 is 2.36 bits per heavy atom. The number of aliphatic hydroxyl groups is 4. The zero-order chi connectivity index (χ0) is 20.7. The molecule has 1 aliphatic heterocycles. The van der Waals surface area contributed by atoms with Gasteiger partial charge in [0.15, 0.2) is 6.29 Å². The Balaban J connectivity index is 1.71. The van der Waals surface area contributed by atoms with E-state index in [0.717, 1.165) is 0 Å². The summed E-state index contributed by atoms with van der Waals surface area (Å²) in [4.78, 5) is 22.6. The molecule has 1 saturated heterocycles. The molecule has 0 unspecified atom stereocenters. The van der Waals surface area contributed by atoms with Crippen LogP contribution < -0.4 is 10.1 Å². The second-order valence-corrected chi connectivity index (χ2v) is 5.97. The van der Waals surface area contributed by atoms with Gasteiger partial charge in [-0.05, 0) is 24.3 Å². The van der Waals surface area contributed by atoms with E-state index >= 15 is 0 Å². The van der Waals surface area contributed by atoms with Crippen LogP contribution >= 0.6 is 0 Å². The summed E-state index contributed by atoms with van der Waals surface area (Å²) in [6.45, 7) is 0.361. The van der Waals surface area contributed by atoms with Crippen molar-refractivity contribution in [2.75, 3.05) is 25.1 Å². The first-order valence-electron chi connectivity index (χ1n) is 8.46. The van der Waals surface area contributed by atoms with Gasteiger partial charge >= 0.3 is 6.16 Å². The van der Waals surface area contributed by atoms with Crippen LogP contribution in [-0.4, -0.2) is 83.0 Å². The number of anilines is 1. The van der Waals surface area contributed by atoms with E-state index in [9.17, 15) is 24.9 Å². The van der Waals surface area contributed by atoms with E-state index < -0.39 is 43.5 Å². The van der Waals surface area contributed by atoms with Crippen LogP contribution in [0.25, 0.3) is 0 Å². The fraction of sp³-hybridized carbons (Fsp3) is 0.529. The fourth-order valence-electron chi connectivity index (χ4n) is 2.43. The highest BCUT2D eigenvalue weighted by molar-refractivity contribution is 5.88. The Morgan fingerprint density at radius 2 is 1.75 bits per heavy atom. The van der Waals surface area contributed by atoms with E-state index in [1.54, 1.807) is 12.1 Å². The fourth-order valence-corrected chi connectivity index (χ4v) is 2.43. The minimum absolute atomic E-state index is 0.195. The molecule has 0 aliphatic carbocycles. The molecule has 5 atom stereocenters. The molecule has 1 aromatic rings. The molecule has 0 aromatic heterocycles. The van der Waals surface area contributed by atoms with E-state index in [1.807, 2.05) is 0 Å². The first kappa shape index (κ1) is 22.0. The molecular formula is C17H23NO10. The number of ether oxygens (including phenoxy) is 4.